The van der Waals surface area contributed by atoms with Crippen LogP contribution in [-0.4, -0.2) is 33.4 Å². The first-order chi connectivity index (χ1) is 9.58. The third kappa shape index (κ3) is 5.68. The Morgan fingerprint density at radius 1 is 1.43 bits per heavy atom. The molecular weight excluding hydrogens is 276 g/mol. The molecule has 7 heteroatoms. The van der Waals surface area contributed by atoms with E-state index in [1.165, 1.54) is 16.8 Å². The molecule has 1 amide bonds. The predicted molar refractivity (Wildman–Crippen MR) is 76.5 cm³/mol. The number of carbonyl (C=O) groups excluding carboxylic acids is 1. The van der Waals surface area contributed by atoms with Crippen LogP contribution in [0.15, 0.2) is 23.1 Å². The van der Waals surface area contributed by atoms with Crippen LogP contribution in [0.1, 0.15) is 38.1 Å². The number of rotatable bonds is 4. The van der Waals surface area contributed by atoms with E-state index in [0.717, 1.165) is 6.07 Å². The van der Waals surface area contributed by atoms with Gasteiger partial charge in [0.1, 0.15) is 5.60 Å². The number of ether oxygens (including phenoxy) is 1. The van der Waals surface area contributed by atoms with Gasteiger partial charge in [-0.25, -0.2) is 9.59 Å². The van der Waals surface area contributed by atoms with Crippen LogP contribution in [0.25, 0.3) is 0 Å². The van der Waals surface area contributed by atoms with Gasteiger partial charge < -0.3 is 19.7 Å². The second kappa shape index (κ2) is 6.43. The number of hydrogen-bond acceptors (Lipinski definition) is 4. The van der Waals surface area contributed by atoms with Crippen molar-refractivity contribution in [2.45, 2.75) is 45.9 Å². The highest BCUT2D eigenvalue weighted by Gasteiger charge is 2.18. The molecule has 1 atom stereocenters. The molecule has 0 bridgehead atoms. The lowest BCUT2D eigenvalue weighted by molar-refractivity contribution is 0.0503. The largest absolute Gasteiger partial charge is 0.478 e. The molecule has 0 radical (unpaired) electrons. The molecule has 1 rings (SSSR count). The summed E-state index contributed by atoms with van der Waals surface area (Å²) in [6.07, 6.45) is 0.823. The normalized spacial score (nSPS) is 12.6. The highest BCUT2D eigenvalue weighted by molar-refractivity contribution is 5.87. The van der Waals surface area contributed by atoms with Gasteiger partial charge in [-0.05, 0) is 33.8 Å². The number of aromatic carboxylic acids is 1. The SMILES string of the molecule is C[C@@H](Cn1ccc(C(=O)O)cc1=O)NC(=O)OC(C)(C)C. The average Bonchev–Trinajstić information content (AvgIpc) is 2.28. The number of hydrogen-bond donors (Lipinski definition) is 2. The molecular formula is C14H20N2O5. The Hall–Kier alpha value is -2.31. The molecule has 2 N–H and O–H groups in total. The molecule has 7 nitrogen and oxygen atoms in total. The minimum absolute atomic E-state index is 0.0657. The topological polar surface area (TPSA) is 97.6 Å². The quantitative estimate of drug-likeness (QED) is 0.876. The third-order valence-corrected chi connectivity index (χ3v) is 2.48. The smallest absolute Gasteiger partial charge is 0.407 e. The van der Waals surface area contributed by atoms with Crippen LogP contribution < -0.4 is 10.9 Å². The highest BCUT2D eigenvalue weighted by Crippen LogP contribution is 2.06. The fourth-order valence-corrected chi connectivity index (χ4v) is 1.64. The Kier molecular flexibility index (Phi) is 5.12. The van der Waals surface area contributed by atoms with Crippen molar-refractivity contribution in [3.63, 3.8) is 0 Å². The molecule has 0 unspecified atom stereocenters. The van der Waals surface area contributed by atoms with E-state index < -0.39 is 23.2 Å². The summed E-state index contributed by atoms with van der Waals surface area (Å²) in [7, 11) is 0. The molecule has 1 aromatic heterocycles. The van der Waals surface area contributed by atoms with Crippen molar-refractivity contribution in [1.82, 2.24) is 9.88 Å². The van der Waals surface area contributed by atoms with Gasteiger partial charge in [0.25, 0.3) is 5.56 Å². The van der Waals surface area contributed by atoms with Gasteiger partial charge in [0, 0.05) is 24.8 Å². The molecule has 0 saturated heterocycles. The lowest BCUT2D eigenvalue weighted by Crippen LogP contribution is -2.41. The van der Waals surface area contributed by atoms with Crippen LogP contribution in [0, 0.1) is 0 Å². The van der Waals surface area contributed by atoms with Gasteiger partial charge in [-0.3, -0.25) is 4.79 Å². The van der Waals surface area contributed by atoms with E-state index in [9.17, 15) is 14.4 Å². The van der Waals surface area contributed by atoms with Crippen molar-refractivity contribution in [2.75, 3.05) is 0 Å². The average molecular weight is 296 g/mol. The summed E-state index contributed by atoms with van der Waals surface area (Å²) in [6.45, 7) is 7.21. The number of aromatic nitrogens is 1. The van der Waals surface area contributed by atoms with Crippen LogP contribution >= 0.6 is 0 Å². The zero-order valence-electron chi connectivity index (χ0n) is 12.5. The number of carbonyl (C=O) groups is 2. The molecule has 0 aliphatic heterocycles. The molecule has 0 saturated carbocycles. The second-order valence-corrected chi connectivity index (χ2v) is 5.76. The number of alkyl carbamates (subject to hydrolysis) is 1. The first-order valence-corrected chi connectivity index (χ1v) is 6.52. The van der Waals surface area contributed by atoms with Crippen LogP contribution in [0.3, 0.4) is 0 Å². The molecule has 0 aliphatic rings. The second-order valence-electron chi connectivity index (χ2n) is 5.76. The van der Waals surface area contributed by atoms with Gasteiger partial charge >= 0.3 is 12.1 Å². The Balaban J connectivity index is 2.67. The molecule has 1 aromatic rings. The minimum atomic E-state index is -1.15. The van der Waals surface area contributed by atoms with Gasteiger partial charge in [-0.15, -0.1) is 0 Å². The van der Waals surface area contributed by atoms with E-state index in [-0.39, 0.29) is 18.2 Å². The molecule has 116 valence electrons. The Labute approximate surface area is 122 Å². The minimum Gasteiger partial charge on any atom is -0.478 e. The number of carboxylic acids is 1. The summed E-state index contributed by atoms with van der Waals surface area (Å²) in [4.78, 5) is 34.1. The first-order valence-electron chi connectivity index (χ1n) is 6.52. The zero-order valence-corrected chi connectivity index (χ0v) is 12.5. The summed E-state index contributed by atoms with van der Waals surface area (Å²) >= 11 is 0. The molecule has 0 fully saturated rings. The maximum atomic E-state index is 11.8. The summed E-state index contributed by atoms with van der Waals surface area (Å²) in [5, 5.41) is 11.4. The highest BCUT2D eigenvalue weighted by atomic mass is 16.6. The monoisotopic (exact) mass is 296 g/mol. The fraction of sp³-hybridized carbons (Fsp3) is 0.500. The van der Waals surface area contributed by atoms with Crippen LogP contribution in [0.5, 0.6) is 0 Å². The van der Waals surface area contributed by atoms with Gasteiger partial charge in [0.2, 0.25) is 0 Å². The Morgan fingerprint density at radius 2 is 2.05 bits per heavy atom. The number of nitrogens with one attached hydrogen (secondary N) is 1. The molecule has 0 spiro atoms. The lowest BCUT2D eigenvalue weighted by atomic mass is 10.2. The van der Waals surface area contributed by atoms with Gasteiger partial charge in [-0.2, -0.15) is 0 Å². The number of amides is 1. The van der Waals surface area contributed by atoms with E-state index in [4.69, 9.17) is 9.84 Å². The summed E-state index contributed by atoms with van der Waals surface area (Å²) in [5.74, 6) is -1.15. The first kappa shape index (κ1) is 16.7. The van der Waals surface area contributed by atoms with E-state index in [2.05, 4.69) is 5.32 Å². The van der Waals surface area contributed by atoms with Crippen molar-refractivity contribution >= 4 is 12.1 Å². The fourth-order valence-electron chi connectivity index (χ4n) is 1.64. The van der Waals surface area contributed by atoms with Crippen LogP contribution in [0.4, 0.5) is 4.79 Å². The van der Waals surface area contributed by atoms with Gasteiger partial charge in [0.15, 0.2) is 0 Å². The molecule has 0 aliphatic carbocycles. The molecule has 0 aromatic carbocycles. The Bertz CT molecular complexity index is 586. The van der Waals surface area contributed by atoms with Gasteiger partial charge in [-0.1, -0.05) is 0 Å². The van der Waals surface area contributed by atoms with Crippen molar-refractivity contribution in [3.05, 3.63) is 34.2 Å². The van der Waals surface area contributed by atoms with E-state index in [1.54, 1.807) is 27.7 Å². The van der Waals surface area contributed by atoms with Crippen molar-refractivity contribution in [1.29, 1.82) is 0 Å². The number of nitrogens with zero attached hydrogens (tertiary/aromatic N) is 1. The standard InChI is InChI=1S/C14H20N2O5/c1-9(15-13(20)21-14(2,3)4)8-16-6-5-10(12(18)19)7-11(16)17/h5-7,9H,8H2,1-4H3,(H,15,20)(H,18,19)/t9-/m0/s1. The van der Waals surface area contributed by atoms with Crippen molar-refractivity contribution in [2.24, 2.45) is 0 Å². The summed E-state index contributed by atoms with van der Waals surface area (Å²) < 4.78 is 6.44. The maximum absolute atomic E-state index is 11.8. The predicted octanol–water partition coefficient (Wildman–Crippen LogP) is 1.46. The van der Waals surface area contributed by atoms with Crippen LogP contribution in [-0.2, 0) is 11.3 Å². The third-order valence-electron chi connectivity index (χ3n) is 2.48. The number of pyridine rings is 1. The number of carboxylic acid groups (broad SMARTS) is 1. The van der Waals surface area contributed by atoms with E-state index in [0.29, 0.717) is 0 Å². The summed E-state index contributed by atoms with van der Waals surface area (Å²) in [5.41, 5.74) is -1.10. The van der Waals surface area contributed by atoms with E-state index in [1.807, 2.05) is 0 Å². The van der Waals surface area contributed by atoms with Crippen LogP contribution in [0.2, 0.25) is 0 Å². The van der Waals surface area contributed by atoms with Crippen molar-refractivity contribution in [3.8, 4) is 0 Å². The Morgan fingerprint density at radius 3 is 2.52 bits per heavy atom. The molecule has 21 heavy (non-hydrogen) atoms. The molecule has 1 heterocycles. The summed E-state index contributed by atoms with van der Waals surface area (Å²) in [6, 6.07) is 2.04. The zero-order chi connectivity index (χ0) is 16.2. The van der Waals surface area contributed by atoms with E-state index >= 15 is 0 Å². The van der Waals surface area contributed by atoms with Crippen molar-refractivity contribution < 1.29 is 19.4 Å². The lowest BCUT2D eigenvalue weighted by Gasteiger charge is -2.22. The maximum Gasteiger partial charge on any atom is 0.407 e. The van der Waals surface area contributed by atoms with Gasteiger partial charge in [0.05, 0.1) is 5.56 Å².